The molecule has 0 saturated heterocycles. The van der Waals surface area contributed by atoms with Gasteiger partial charge in [0.05, 0.1) is 17.8 Å². The minimum Gasteiger partial charge on any atom is -0.366 e. The van der Waals surface area contributed by atoms with Gasteiger partial charge >= 0.3 is 6.03 Å². The number of nitrogens with zero attached hydrogens (tertiary/aromatic N) is 2. The Hall–Kier alpha value is -2.41. The first-order valence-electron chi connectivity index (χ1n) is 10.5. The van der Waals surface area contributed by atoms with Crippen molar-refractivity contribution in [2.24, 2.45) is 5.73 Å². The molecule has 3 N–H and O–H groups in total. The fraction of sp³-hybridized carbons (Fsp3) is 0.478. The molecule has 2 aromatic rings. The van der Waals surface area contributed by atoms with Crippen LogP contribution in [0.25, 0.3) is 11.1 Å². The Bertz CT molecular complexity index is 984. The van der Waals surface area contributed by atoms with Crippen LogP contribution in [0.5, 0.6) is 0 Å². The molecule has 2 aliphatic rings. The minimum absolute atomic E-state index is 0.107. The van der Waals surface area contributed by atoms with Gasteiger partial charge in [0.2, 0.25) is 0 Å². The molecule has 1 aromatic heterocycles. The summed E-state index contributed by atoms with van der Waals surface area (Å²) in [4.78, 5) is 28.4. The average molecular weight is 427 g/mol. The summed E-state index contributed by atoms with van der Waals surface area (Å²) in [5.74, 6) is 0.0368. The summed E-state index contributed by atoms with van der Waals surface area (Å²) in [6.45, 7) is 7.59. The third-order valence-electron chi connectivity index (χ3n) is 5.70. The molecular weight excluding hydrogens is 396 g/mol. The molecule has 160 valence electrons. The summed E-state index contributed by atoms with van der Waals surface area (Å²) in [7, 11) is 0. The van der Waals surface area contributed by atoms with E-state index in [4.69, 9.17) is 5.73 Å². The maximum atomic E-state index is 12.8. The molecule has 1 fully saturated rings. The number of carbonyl (C=O) groups excluding carboxylic acids is 2. The van der Waals surface area contributed by atoms with E-state index in [1.165, 1.54) is 10.6 Å². The van der Waals surface area contributed by atoms with Gasteiger partial charge in [-0.1, -0.05) is 12.1 Å². The van der Waals surface area contributed by atoms with Crippen molar-refractivity contribution in [3.05, 3.63) is 41.2 Å². The zero-order chi connectivity index (χ0) is 21.6. The zero-order valence-corrected chi connectivity index (χ0v) is 18.9. The predicted molar refractivity (Wildman–Crippen MR) is 121 cm³/mol. The predicted octanol–water partition coefficient (Wildman–Crippen LogP) is 4.18. The van der Waals surface area contributed by atoms with Gasteiger partial charge < -0.3 is 20.5 Å². The Morgan fingerprint density at radius 2 is 1.80 bits per heavy atom. The number of primary amides is 1. The van der Waals surface area contributed by atoms with E-state index in [9.17, 15) is 9.59 Å². The Morgan fingerprint density at radius 3 is 2.33 bits per heavy atom. The van der Waals surface area contributed by atoms with Gasteiger partial charge in [-0.25, -0.2) is 4.79 Å². The topological polar surface area (TPSA) is 80.4 Å². The summed E-state index contributed by atoms with van der Waals surface area (Å²) in [5, 5.41) is 3.03. The number of fused-ring (bicyclic) bond motifs is 1. The van der Waals surface area contributed by atoms with Crippen molar-refractivity contribution in [3.63, 3.8) is 0 Å². The number of carbonyl (C=O) groups is 2. The Kier molecular flexibility index (Phi) is 5.34. The SMILES string of the molecule is CSc1ccc(-c2c(C(N)=O)c3n(c2C2CC2)CCN(C(=O)NC(C)(C)C)C3)cc1. The van der Waals surface area contributed by atoms with Crippen molar-refractivity contribution in [1.29, 1.82) is 0 Å². The molecule has 1 saturated carbocycles. The summed E-state index contributed by atoms with van der Waals surface area (Å²) in [6, 6.07) is 8.22. The lowest BCUT2D eigenvalue weighted by molar-refractivity contribution is 0.0997. The number of hydrogen-bond donors (Lipinski definition) is 2. The van der Waals surface area contributed by atoms with E-state index in [1.54, 1.807) is 16.7 Å². The molecule has 0 atom stereocenters. The van der Waals surface area contributed by atoms with Gasteiger partial charge in [0.1, 0.15) is 0 Å². The molecular formula is C23H30N4O2S. The molecule has 2 heterocycles. The van der Waals surface area contributed by atoms with Gasteiger partial charge in [0, 0.05) is 34.8 Å². The highest BCUT2D eigenvalue weighted by Crippen LogP contribution is 2.48. The van der Waals surface area contributed by atoms with Crippen LogP contribution in [0.1, 0.15) is 61.3 Å². The molecule has 6 nitrogen and oxygen atoms in total. The van der Waals surface area contributed by atoms with E-state index in [-0.39, 0.29) is 11.6 Å². The molecule has 0 radical (unpaired) electrons. The third kappa shape index (κ3) is 3.95. The van der Waals surface area contributed by atoms with Crippen molar-refractivity contribution in [1.82, 2.24) is 14.8 Å². The van der Waals surface area contributed by atoms with E-state index >= 15 is 0 Å². The highest BCUT2D eigenvalue weighted by Gasteiger charge is 2.38. The van der Waals surface area contributed by atoms with Crippen molar-refractivity contribution in [2.75, 3.05) is 12.8 Å². The second-order valence-electron chi connectivity index (χ2n) is 9.20. The van der Waals surface area contributed by atoms with Crippen molar-refractivity contribution < 1.29 is 9.59 Å². The molecule has 30 heavy (non-hydrogen) atoms. The van der Waals surface area contributed by atoms with E-state index in [0.717, 1.165) is 29.7 Å². The summed E-state index contributed by atoms with van der Waals surface area (Å²) in [5.41, 5.74) is 10.2. The number of urea groups is 1. The van der Waals surface area contributed by atoms with E-state index in [1.807, 2.05) is 27.0 Å². The number of hydrogen-bond acceptors (Lipinski definition) is 3. The average Bonchev–Trinajstić information content (AvgIpc) is 3.46. The molecule has 1 aromatic carbocycles. The maximum absolute atomic E-state index is 12.8. The first-order chi connectivity index (χ1) is 14.2. The molecule has 4 rings (SSSR count). The van der Waals surface area contributed by atoms with Crippen LogP contribution in [-0.2, 0) is 13.1 Å². The van der Waals surface area contributed by atoms with Gasteiger partial charge in [-0.2, -0.15) is 0 Å². The lowest BCUT2D eigenvalue weighted by Crippen LogP contribution is -2.50. The minimum atomic E-state index is -0.423. The highest BCUT2D eigenvalue weighted by atomic mass is 32.2. The van der Waals surface area contributed by atoms with Crippen molar-refractivity contribution in [2.45, 2.75) is 63.1 Å². The number of nitrogens with two attached hydrogens (primary N) is 1. The Morgan fingerprint density at radius 1 is 1.13 bits per heavy atom. The second kappa shape index (κ2) is 7.69. The molecule has 1 aliphatic carbocycles. The molecule has 0 bridgehead atoms. The zero-order valence-electron chi connectivity index (χ0n) is 18.1. The number of thioether (sulfide) groups is 1. The number of rotatable bonds is 4. The number of benzene rings is 1. The number of aromatic nitrogens is 1. The largest absolute Gasteiger partial charge is 0.366 e. The normalized spacial score (nSPS) is 16.3. The first kappa shape index (κ1) is 20.8. The fourth-order valence-electron chi connectivity index (χ4n) is 4.26. The standard InChI is InChI=1S/C23H30N4O2S/c1-23(2,3)25-22(29)26-11-12-27-17(13-26)19(21(24)28)18(20(27)15-5-6-15)14-7-9-16(30-4)10-8-14/h7-10,15H,5-6,11-13H2,1-4H3,(H2,24,28)(H,25,29). The lowest BCUT2D eigenvalue weighted by Gasteiger charge is -2.33. The van der Waals surface area contributed by atoms with Crippen LogP contribution >= 0.6 is 11.8 Å². The fourth-order valence-corrected chi connectivity index (χ4v) is 4.67. The molecule has 0 unspecified atom stereocenters. The van der Waals surface area contributed by atoms with E-state index in [2.05, 4.69) is 34.1 Å². The monoisotopic (exact) mass is 426 g/mol. The molecule has 3 amide bonds. The first-order valence-corrected chi connectivity index (χ1v) is 11.7. The summed E-state index contributed by atoms with van der Waals surface area (Å²) >= 11 is 1.69. The van der Waals surface area contributed by atoms with Crippen LogP contribution < -0.4 is 11.1 Å². The van der Waals surface area contributed by atoms with Crippen LogP contribution in [0.3, 0.4) is 0 Å². The second-order valence-corrected chi connectivity index (χ2v) is 10.1. The number of nitrogens with one attached hydrogen (secondary N) is 1. The molecule has 0 spiro atoms. The quantitative estimate of drug-likeness (QED) is 0.720. The smallest absolute Gasteiger partial charge is 0.318 e. The lowest BCUT2D eigenvalue weighted by atomic mass is 9.98. The van der Waals surface area contributed by atoms with Crippen LogP contribution in [0.4, 0.5) is 4.79 Å². The maximum Gasteiger partial charge on any atom is 0.318 e. The van der Waals surface area contributed by atoms with E-state index < -0.39 is 5.91 Å². The third-order valence-corrected chi connectivity index (χ3v) is 6.45. The van der Waals surface area contributed by atoms with Gasteiger partial charge in [-0.3, -0.25) is 4.79 Å². The molecule has 1 aliphatic heterocycles. The Balaban J connectivity index is 1.79. The Labute approximate surface area is 182 Å². The van der Waals surface area contributed by atoms with Gasteiger partial charge in [-0.15, -0.1) is 11.8 Å². The summed E-state index contributed by atoms with van der Waals surface area (Å²) < 4.78 is 2.26. The van der Waals surface area contributed by atoms with Gasteiger partial charge in [0.15, 0.2) is 0 Å². The van der Waals surface area contributed by atoms with Gasteiger partial charge in [-0.05, 0) is 63.5 Å². The van der Waals surface area contributed by atoms with Crippen LogP contribution in [0.15, 0.2) is 29.2 Å². The molecule has 7 heteroatoms. The number of amides is 3. The van der Waals surface area contributed by atoms with Crippen molar-refractivity contribution in [3.8, 4) is 11.1 Å². The van der Waals surface area contributed by atoms with Crippen LogP contribution in [0, 0.1) is 0 Å². The van der Waals surface area contributed by atoms with Crippen molar-refractivity contribution >= 4 is 23.7 Å². The summed E-state index contributed by atoms with van der Waals surface area (Å²) in [6.07, 6.45) is 4.31. The van der Waals surface area contributed by atoms with Gasteiger partial charge in [0.25, 0.3) is 5.91 Å². The highest BCUT2D eigenvalue weighted by molar-refractivity contribution is 7.98. The van der Waals surface area contributed by atoms with Crippen LogP contribution in [-0.4, -0.2) is 39.7 Å². The van der Waals surface area contributed by atoms with E-state index in [0.29, 0.717) is 31.1 Å². The van der Waals surface area contributed by atoms with Crippen LogP contribution in [0.2, 0.25) is 0 Å².